The third kappa shape index (κ3) is 2.33. The van der Waals surface area contributed by atoms with Crippen molar-refractivity contribution in [2.45, 2.75) is 45.1 Å². The van der Waals surface area contributed by atoms with Crippen LogP contribution in [0.15, 0.2) is 0 Å². The summed E-state index contributed by atoms with van der Waals surface area (Å²) in [5, 5.41) is 8.88. The van der Waals surface area contributed by atoms with Crippen LogP contribution in [0.3, 0.4) is 0 Å². The van der Waals surface area contributed by atoms with Crippen molar-refractivity contribution >= 4 is 5.97 Å². The summed E-state index contributed by atoms with van der Waals surface area (Å²) in [7, 11) is 0. The summed E-state index contributed by atoms with van der Waals surface area (Å²) in [5.41, 5.74) is 0. The van der Waals surface area contributed by atoms with E-state index in [0.29, 0.717) is 6.04 Å². The average molecular weight is 211 g/mol. The standard InChI is InChI=1S/C12H21NO2/c1-9-6-7-13(8-12(14)15)11-5-3-2-4-10(9)11/h9-11H,2-8H2,1H3,(H,14,15). The second kappa shape index (κ2) is 4.52. The van der Waals surface area contributed by atoms with Crippen LogP contribution in [0, 0.1) is 11.8 Å². The molecule has 0 radical (unpaired) electrons. The molecule has 1 aliphatic heterocycles. The molecule has 0 aromatic heterocycles. The predicted molar refractivity (Wildman–Crippen MR) is 58.7 cm³/mol. The minimum atomic E-state index is -0.672. The van der Waals surface area contributed by atoms with E-state index in [1.165, 1.54) is 32.1 Å². The molecule has 2 fully saturated rings. The molecule has 3 unspecified atom stereocenters. The highest BCUT2D eigenvalue weighted by Gasteiger charge is 2.37. The summed E-state index contributed by atoms with van der Waals surface area (Å²) in [6.45, 7) is 3.56. The van der Waals surface area contributed by atoms with Crippen molar-refractivity contribution < 1.29 is 9.90 Å². The maximum Gasteiger partial charge on any atom is 0.317 e. The molecule has 0 bridgehead atoms. The van der Waals surface area contributed by atoms with Crippen molar-refractivity contribution in [2.24, 2.45) is 11.8 Å². The van der Waals surface area contributed by atoms with Gasteiger partial charge in [-0.15, -0.1) is 0 Å². The van der Waals surface area contributed by atoms with E-state index in [2.05, 4.69) is 11.8 Å². The van der Waals surface area contributed by atoms with Crippen LogP contribution in [0.1, 0.15) is 39.0 Å². The van der Waals surface area contributed by atoms with Crippen molar-refractivity contribution in [1.82, 2.24) is 4.90 Å². The molecule has 2 rings (SSSR count). The lowest BCUT2D eigenvalue weighted by Crippen LogP contribution is -2.51. The molecule has 0 aromatic rings. The molecule has 86 valence electrons. The van der Waals surface area contributed by atoms with Gasteiger partial charge in [-0.1, -0.05) is 19.8 Å². The van der Waals surface area contributed by atoms with Gasteiger partial charge in [0.15, 0.2) is 0 Å². The number of piperidine rings is 1. The molecule has 2 aliphatic rings. The van der Waals surface area contributed by atoms with Crippen molar-refractivity contribution in [1.29, 1.82) is 0 Å². The van der Waals surface area contributed by atoms with Crippen molar-refractivity contribution in [3.63, 3.8) is 0 Å². The van der Waals surface area contributed by atoms with Gasteiger partial charge in [0, 0.05) is 6.04 Å². The van der Waals surface area contributed by atoms with E-state index in [1.54, 1.807) is 0 Å². The fourth-order valence-corrected chi connectivity index (χ4v) is 3.38. The maximum atomic E-state index is 10.8. The number of hydrogen-bond donors (Lipinski definition) is 1. The largest absolute Gasteiger partial charge is 0.480 e. The summed E-state index contributed by atoms with van der Waals surface area (Å²) in [5.74, 6) is 0.876. The summed E-state index contributed by atoms with van der Waals surface area (Å²) < 4.78 is 0. The Morgan fingerprint density at radius 1 is 1.33 bits per heavy atom. The third-order valence-electron chi connectivity index (χ3n) is 4.19. The zero-order valence-corrected chi connectivity index (χ0v) is 9.48. The Bertz CT molecular complexity index is 242. The smallest absolute Gasteiger partial charge is 0.317 e. The Morgan fingerprint density at radius 2 is 2.07 bits per heavy atom. The number of carboxylic acid groups (broad SMARTS) is 1. The zero-order chi connectivity index (χ0) is 10.8. The number of carbonyl (C=O) groups is 1. The Hall–Kier alpha value is -0.570. The maximum absolute atomic E-state index is 10.8. The molecule has 0 amide bonds. The van der Waals surface area contributed by atoms with Gasteiger partial charge < -0.3 is 5.11 Å². The van der Waals surface area contributed by atoms with E-state index in [9.17, 15) is 4.79 Å². The van der Waals surface area contributed by atoms with Crippen molar-refractivity contribution in [2.75, 3.05) is 13.1 Å². The highest BCUT2D eigenvalue weighted by atomic mass is 16.4. The molecule has 1 saturated heterocycles. The summed E-state index contributed by atoms with van der Waals surface area (Å²) in [4.78, 5) is 13.0. The first-order valence-electron chi connectivity index (χ1n) is 6.14. The lowest BCUT2D eigenvalue weighted by atomic mass is 9.72. The minimum absolute atomic E-state index is 0.244. The van der Waals surface area contributed by atoms with Gasteiger partial charge in [0.05, 0.1) is 6.54 Å². The van der Waals surface area contributed by atoms with Crippen LogP contribution < -0.4 is 0 Å². The first kappa shape index (κ1) is 10.9. The van der Waals surface area contributed by atoms with Crippen LogP contribution >= 0.6 is 0 Å². The molecule has 15 heavy (non-hydrogen) atoms. The monoisotopic (exact) mass is 211 g/mol. The van der Waals surface area contributed by atoms with E-state index in [-0.39, 0.29) is 6.54 Å². The van der Waals surface area contributed by atoms with Crippen LogP contribution in [0.5, 0.6) is 0 Å². The predicted octanol–water partition coefficient (Wildman–Crippen LogP) is 1.97. The molecule has 3 nitrogen and oxygen atoms in total. The van der Waals surface area contributed by atoms with E-state index in [0.717, 1.165) is 18.4 Å². The number of nitrogens with zero attached hydrogens (tertiary/aromatic N) is 1. The SMILES string of the molecule is CC1CCN(CC(=O)O)C2CCCCC12. The molecule has 1 saturated carbocycles. The van der Waals surface area contributed by atoms with Gasteiger partial charge in [-0.3, -0.25) is 9.69 Å². The Balaban J connectivity index is 2.03. The average Bonchev–Trinajstić information content (AvgIpc) is 2.22. The lowest BCUT2D eigenvalue weighted by Gasteiger charge is -2.46. The Morgan fingerprint density at radius 3 is 2.80 bits per heavy atom. The molecule has 0 aromatic carbocycles. The third-order valence-corrected chi connectivity index (χ3v) is 4.19. The Labute approximate surface area is 91.5 Å². The van der Waals surface area contributed by atoms with Crippen molar-refractivity contribution in [3.05, 3.63) is 0 Å². The van der Waals surface area contributed by atoms with Gasteiger partial charge in [-0.25, -0.2) is 0 Å². The Kier molecular flexibility index (Phi) is 3.29. The topological polar surface area (TPSA) is 40.5 Å². The molecule has 3 atom stereocenters. The summed E-state index contributed by atoms with van der Waals surface area (Å²) in [6, 6.07) is 0.554. The van der Waals surface area contributed by atoms with Gasteiger partial charge >= 0.3 is 5.97 Å². The number of likely N-dealkylation sites (tertiary alicyclic amines) is 1. The number of fused-ring (bicyclic) bond motifs is 1. The van der Waals surface area contributed by atoms with E-state index < -0.39 is 5.97 Å². The van der Waals surface area contributed by atoms with Crippen LogP contribution in [0.4, 0.5) is 0 Å². The normalized spacial score (nSPS) is 37.3. The fraction of sp³-hybridized carbons (Fsp3) is 0.917. The molecule has 0 spiro atoms. The quantitative estimate of drug-likeness (QED) is 0.759. The van der Waals surface area contributed by atoms with E-state index in [4.69, 9.17) is 5.11 Å². The molecule has 1 heterocycles. The van der Waals surface area contributed by atoms with E-state index >= 15 is 0 Å². The lowest BCUT2D eigenvalue weighted by molar-refractivity contribution is -0.140. The van der Waals surface area contributed by atoms with Crippen molar-refractivity contribution in [3.8, 4) is 0 Å². The second-order valence-electron chi connectivity index (χ2n) is 5.15. The minimum Gasteiger partial charge on any atom is -0.480 e. The van der Waals surface area contributed by atoms with Gasteiger partial charge in [0.2, 0.25) is 0 Å². The fourth-order valence-electron chi connectivity index (χ4n) is 3.38. The van der Waals surface area contributed by atoms with Gasteiger partial charge in [0.25, 0.3) is 0 Å². The molecular weight excluding hydrogens is 190 g/mol. The first-order valence-corrected chi connectivity index (χ1v) is 6.14. The van der Waals surface area contributed by atoms with Crippen LogP contribution in [0.25, 0.3) is 0 Å². The summed E-state index contributed by atoms with van der Waals surface area (Å²) in [6.07, 6.45) is 6.31. The molecule has 3 heteroatoms. The number of aliphatic carboxylic acids is 1. The second-order valence-corrected chi connectivity index (χ2v) is 5.15. The highest BCUT2D eigenvalue weighted by Crippen LogP contribution is 2.38. The number of rotatable bonds is 2. The number of carboxylic acids is 1. The van der Waals surface area contributed by atoms with E-state index in [1.807, 2.05) is 0 Å². The zero-order valence-electron chi connectivity index (χ0n) is 9.48. The highest BCUT2D eigenvalue weighted by molar-refractivity contribution is 5.69. The molecular formula is C12H21NO2. The number of hydrogen-bond acceptors (Lipinski definition) is 2. The van der Waals surface area contributed by atoms with Crippen LogP contribution in [-0.4, -0.2) is 35.1 Å². The molecule has 1 N–H and O–H groups in total. The molecule has 1 aliphatic carbocycles. The van der Waals surface area contributed by atoms with Gasteiger partial charge in [-0.05, 0) is 37.6 Å². The van der Waals surface area contributed by atoms with Gasteiger partial charge in [-0.2, -0.15) is 0 Å². The first-order chi connectivity index (χ1) is 7.18. The van der Waals surface area contributed by atoms with Crippen LogP contribution in [0.2, 0.25) is 0 Å². The van der Waals surface area contributed by atoms with Gasteiger partial charge in [0.1, 0.15) is 0 Å². The summed E-state index contributed by atoms with van der Waals surface area (Å²) >= 11 is 0. The van der Waals surface area contributed by atoms with Crippen LogP contribution in [-0.2, 0) is 4.79 Å².